The normalized spacial score (nSPS) is 12.1. The second kappa shape index (κ2) is 7.80. The number of nitrogens with one attached hydrogen (secondary N) is 1. The summed E-state index contributed by atoms with van der Waals surface area (Å²) in [5.74, 6) is -0.469. The summed E-state index contributed by atoms with van der Waals surface area (Å²) in [5.41, 5.74) is 0.998. The summed E-state index contributed by atoms with van der Waals surface area (Å²) in [4.78, 5) is 0. The van der Waals surface area contributed by atoms with E-state index in [2.05, 4.69) is 12.2 Å². The summed E-state index contributed by atoms with van der Waals surface area (Å²) in [7, 11) is 1.68. The zero-order valence-corrected chi connectivity index (χ0v) is 10.9. The molecule has 0 aliphatic rings. The van der Waals surface area contributed by atoms with Gasteiger partial charge in [-0.2, -0.15) is 5.26 Å². The summed E-state index contributed by atoms with van der Waals surface area (Å²) < 4.78 is 18.3. The van der Waals surface area contributed by atoms with Crippen LogP contribution in [0.15, 0.2) is 18.2 Å². The number of nitriles is 1. The highest BCUT2D eigenvalue weighted by Gasteiger charge is 2.08. The van der Waals surface area contributed by atoms with Gasteiger partial charge in [0.1, 0.15) is 11.9 Å². The first kappa shape index (κ1) is 14.6. The van der Waals surface area contributed by atoms with Gasteiger partial charge < -0.3 is 10.1 Å². The second-order valence-corrected chi connectivity index (χ2v) is 4.25. The van der Waals surface area contributed by atoms with Crippen molar-refractivity contribution in [1.82, 2.24) is 5.32 Å². The second-order valence-electron chi connectivity index (χ2n) is 4.25. The van der Waals surface area contributed by atoms with E-state index in [0.29, 0.717) is 13.2 Å². The molecule has 0 heterocycles. The molecule has 98 valence electrons. The van der Waals surface area contributed by atoms with Crippen molar-refractivity contribution < 1.29 is 9.13 Å². The molecule has 0 aliphatic heterocycles. The third-order valence-corrected chi connectivity index (χ3v) is 2.75. The van der Waals surface area contributed by atoms with Gasteiger partial charge in [-0.15, -0.1) is 0 Å². The summed E-state index contributed by atoms with van der Waals surface area (Å²) in [6.07, 6.45) is 2.11. The smallest absolute Gasteiger partial charge is 0.140 e. The molecule has 0 fully saturated rings. The SMILES string of the molecule is CCCC(COC)NCc1ccc(F)c(C#N)c1. The predicted octanol–water partition coefficient (Wildman–Crippen LogP) is 2.60. The van der Waals surface area contributed by atoms with E-state index in [1.807, 2.05) is 6.07 Å². The highest BCUT2D eigenvalue weighted by molar-refractivity contribution is 5.34. The number of benzene rings is 1. The van der Waals surface area contributed by atoms with Crippen LogP contribution in [0.3, 0.4) is 0 Å². The molecule has 1 unspecified atom stereocenters. The highest BCUT2D eigenvalue weighted by atomic mass is 19.1. The van der Waals surface area contributed by atoms with Crippen molar-refractivity contribution in [3.63, 3.8) is 0 Å². The van der Waals surface area contributed by atoms with E-state index < -0.39 is 5.82 Å². The predicted molar refractivity (Wildman–Crippen MR) is 68.5 cm³/mol. The van der Waals surface area contributed by atoms with Crippen LogP contribution in [0.2, 0.25) is 0 Å². The topological polar surface area (TPSA) is 45.0 Å². The zero-order chi connectivity index (χ0) is 13.4. The Morgan fingerprint density at radius 2 is 2.28 bits per heavy atom. The molecule has 1 N–H and O–H groups in total. The van der Waals surface area contributed by atoms with Gasteiger partial charge in [-0.3, -0.25) is 0 Å². The lowest BCUT2D eigenvalue weighted by Crippen LogP contribution is -2.32. The Hall–Kier alpha value is -1.44. The summed E-state index contributed by atoms with van der Waals surface area (Å²) in [6.45, 7) is 3.39. The maximum absolute atomic E-state index is 13.1. The molecule has 1 atom stereocenters. The van der Waals surface area contributed by atoms with Gasteiger partial charge in [0.15, 0.2) is 0 Å². The Balaban J connectivity index is 2.59. The van der Waals surface area contributed by atoms with Gasteiger partial charge in [0.05, 0.1) is 12.2 Å². The van der Waals surface area contributed by atoms with Crippen LogP contribution in [-0.2, 0) is 11.3 Å². The minimum Gasteiger partial charge on any atom is -0.383 e. The highest BCUT2D eigenvalue weighted by Crippen LogP contribution is 2.10. The van der Waals surface area contributed by atoms with Crippen molar-refractivity contribution >= 4 is 0 Å². The summed E-state index contributed by atoms with van der Waals surface area (Å²) in [5, 5.41) is 12.1. The van der Waals surface area contributed by atoms with E-state index in [4.69, 9.17) is 10.00 Å². The third-order valence-electron chi connectivity index (χ3n) is 2.75. The Bertz CT molecular complexity index is 409. The number of ether oxygens (including phenoxy) is 1. The molecule has 1 aromatic rings. The van der Waals surface area contributed by atoms with Gasteiger partial charge in [-0.1, -0.05) is 19.4 Å². The van der Waals surface area contributed by atoms with Gasteiger partial charge in [-0.25, -0.2) is 4.39 Å². The first-order valence-electron chi connectivity index (χ1n) is 6.12. The number of halogens is 1. The van der Waals surface area contributed by atoms with Crippen LogP contribution in [0.1, 0.15) is 30.9 Å². The average molecular weight is 250 g/mol. The van der Waals surface area contributed by atoms with Crippen molar-refractivity contribution in [1.29, 1.82) is 5.26 Å². The maximum Gasteiger partial charge on any atom is 0.140 e. The van der Waals surface area contributed by atoms with E-state index >= 15 is 0 Å². The first-order valence-corrected chi connectivity index (χ1v) is 6.12. The number of rotatable bonds is 7. The fourth-order valence-electron chi connectivity index (χ4n) is 1.82. The Morgan fingerprint density at radius 1 is 1.50 bits per heavy atom. The van der Waals surface area contributed by atoms with Gasteiger partial charge in [0.2, 0.25) is 0 Å². The molecule has 0 aromatic heterocycles. The monoisotopic (exact) mass is 250 g/mol. The molecule has 4 heteroatoms. The lowest BCUT2D eigenvalue weighted by atomic mass is 10.1. The van der Waals surface area contributed by atoms with Crippen LogP contribution < -0.4 is 5.32 Å². The minimum absolute atomic E-state index is 0.0908. The molecule has 1 aromatic carbocycles. The maximum atomic E-state index is 13.1. The number of methoxy groups -OCH3 is 1. The number of nitrogens with zero attached hydrogens (tertiary/aromatic N) is 1. The van der Waals surface area contributed by atoms with Gasteiger partial charge in [0, 0.05) is 19.7 Å². The van der Waals surface area contributed by atoms with E-state index in [1.54, 1.807) is 19.2 Å². The average Bonchev–Trinajstić information content (AvgIpc) is 2.38. The van der Waals surface area contributed by atoms with Crippen LogP contribution in [0.4, 0.5) is 4.39 Å². The summed E-state index contributed by atoms with van der Waals surface area (Å²) >= 11 is 0. The van der Waals surface area contributed by atoms with E-state index in [1.165, 1.54) is 6.07 Å². The van der Waals surface area contributed by atoms with E-state index in [-0.39, 0.29) is 11.6 Å². The molecular weight excluding hydrogens is 231 g/mol. The fourth-order valence-corrected chi connectivity index (χ4v) is 1.82. The number of hydrogen-bond acceptors (Lipinski definition) is 3. The lowest BCUT2D eigenvalue weighted by molar-refractivity contribution is 0.161. The molecule has 1 rings (SSSR count). The Labute approximate surface area is 108 Å². The first-order chi connectivity index (χ1) is 8.71. The molecule has 18 heavy (non-hydrogen) atoms. The number of hydrogen-bond donors (Lipinski definition) is 1. The van der Waals surface area contributed by atoms with Gasteiger partial charge in [-0.05, 0) is 24.1 Å². The summed E-state index contributed by atoms with van der Waals surface area (Å²) in [6, 6.07) is 6.74. The quantitative estimate of drug-likeness (QED) is 0.809. The van der Waals surface area contributed by atoms with Crippen molar-refractivity contribution in [2.24, 2.45) is 0 Å². The van der Waals surface area contributed by atoms with Crippen molar-refractivity contribution in [3.05, 3.63) is 35.1 Å². The van der Waals surface area contributed by atoms with Gasteiger partial charge >= 0.3 is 0 Å². The molecule has 0 bridgehead atoms. The van der Waals surface area contributed by atoms with Crippen molar-refractivity contribution in [2.75, 3.05) is 13.7 Å². The van der Waals surface area contributed by atoms with Crippen molar-refractivity contribution in [2.45, 2.75) is 32.4 Å². The van der Waals surface area contributed by atoms with Crippen LogP contribution in [0.5, 0.6) is 0 Å². The zero-order valence-electron chi connectivity index (χ0n) is 10.9. The fraction of sp³-hybridized carbons (Fsp3) is 0.500. The van der Waals surface area contributed by atoms with Crippen LogP contribution in [0, 0.1) is 17.1 Å². The van der Waals surface area contributed by atoms with Crippen LogP contribution in [0.25, 0.3) is 0 Å². The van der Waals surface area contributed by atoms with Crippen LogP contribution >= 0.6 is 0 Å². The molecule has 0 saturated carbocycles. The molecular formula is C14H19FN2O. The Morgan fingerprint density at radius 3 is 2.89 bits per heavy atom. The standard InChI is InChI=1S/C14H19FN2O/c1-3-4-13(10-18-2)17-9-11-5-6-14(15)12(7-11)8-16/h5-7,13,17H,3-4,9-10H2,1-2H3. The van der Waals surface area contributed by atoms with Crippen LogP contribution in [-0.4, -0.2) is 19.8 Å². The molecule has 3 nitrogen and oxygen atoms in total. The van der Waals surface area contributed by atoms with Gasteiger partial charge in [0.25, 0.3) is 0 Å². The molecule has 0 amide bonds. The Kier molecular flexibility index (Phi) is 6.34. The van der Waals surface area contributed by atoms with E-state index in [9.17, 15) is 4.39 Å². The third kappa shape index (κ3) is 4.44. The molecule has 0 aliphatic carbocycles. The van der Waals surface area contributed by atoms with Crippen molar-refractivity contribution in [3.8, 4) is 6.07 Å². The molecule has 0 spiro atoms. The molecule has 0 radical (unpaired) electrons. The van der Waals surface area contributed by atoms with E-state index in [0.717, 1.165) is 18.4 Å². The largest absolute Gasteiger partial charge is 0.383 e. The molecule has 0 saturated heterocycles. The lowest BCUT2D eigenvalue weighted by Gasteiger charge is -2.17. The minimum atomic E-state index is -0.469.